The van der Waals surface area contributed by atoms with E-state index in [4.69, 9.17) is 0 Å². The number of benzene rings is 2. The molecule has 0 fully saturated rings. The van der Waals surface area contributed by atoms with Gasteiger partial charge in [0.05, 0.1) is 11.3 Å². The molecule has 23 heavy (non-hydrogen) atoms. The summed E-state index contributed by atoms with van der Waals surface area (Å²) in [6.45, 7) is 0. The monoisotopic (exact) mass is 318 g/mol. The van der Waals surface area contributed by atoms with Crippen molar-refractivity contribution in [3.05, 3.63) is 77.5 Å². The SMILES string of the molecule is Oc1c(-c2ccsc2)c(-c2ccccc2)nn1-c1ccccc1. The van der Waals surface area contributed by atoms with Gasteiger partial charge in [-0.25, -0.2) is 4.68 Å². The Balaban J connectivity index is 1.98. The summed E-state index contributed by atoms with van der Waals surface area (Å²) in [5, 5.41) is 19.5. The molecular formula is C19H14N2OS. The summed E-state index contributed by atoms with van der Waals surface area (Å²) in [6, 6.07) is 21.6. The van der Waals surface area contributed by atoms with E-state index in [1.165, 1.54) is 0 Å². The van der Waals surface area contributed by atoms with Crippen molar-refractivity contribution in [2.75, 3.05) is 0 Å². The molecule has 2 aromatic carbocycles. The smallest absolute Gasteiger partial charge is 0.222 e. The van der Waals surface area contributed by atoms with Gasteiger partial charge < -0.3 is 5.11 Å². The first kappa shape index (κ1) is 13.8. The topological polar surface area (TPSA) is 38.1 Å². The Morgan fingerprint density at radius 2 is 1.52 bits per heavy atom. The Labute approximate surface area is 138 Å². The van der Waals surface area contributed by atoms with Crippen LogP contribution in [0.1, 0.15) is 0 Å². The van der Waals surface area contributed by atoms with E-state index >= 15 is 0 Å². The Morgan fingerprint density at radius 1 is 0.826 bits per heavy atom. The van der Waals surface area contributed by atoms with Crippen molar-refractivity contribution in [1.29, 1.82) is 0 Å². The van der Waals surface area contributed by atoms with E-state index in [0.717, 1.165) is 28.1 Å². The van der Waals surface area contributed by atoms with E-state index in [1.807, 2.05) is 77.5 Å². The van der Waals surface area contributed by atoms with Crippen LogP contribution in [0, 0.1) is 0 Å². The number of hydrogen-bond acceptors (Lipinski definition) is 3. The molecule has 0 spiro atoms. The van der Waals surface area contributed by atoms with Crippen LogP contribution in [0.2, 0.25) is 0 Å². The molecule has 4 aromatic rings. The number of aromatic hydroxyl groups is 1. The molecule has 0 saturated heterocycles. The quantitative estimate of drug-likeness (QED) is 0.579. The van der Waals surface area contributed by atoms with Crippen LogP contribution in [0.25, 0.3) is 28.1 Å². The third-order valence-electron chi connectivity index (χ3n) is 3.72. The second-order valence-electron chi connectivity index (χ2n) is 5.17. The highest BCUT2D eigenvalue weighted by Crippen LogP contribution is 2.40. The number of nitrogens with zero attached hydrogens (tertiary/aromatic N) is 2. The zero-order valence-corrected chi connectivity index (χ0v) is 13.1. The fourth-order valence-corrected chi connectivity index (χ4v) is 3.28. The largest absolute Gasteiger partial charge is 0.493 e. The van der Waals surface area contributed by atoms with Crippen molar-refractivity contribution in [2.45, 2.75) is 0 Å². The molecule has 4 heteroatoms. The first-order chi connectivity index (χ1) is 11.3. The van der Waals surface area contributed by atoms with Crippen LogP contribution in [0.3, 0.4) is 0 Å². The maximum atomic E-state index is 10.8. The van der Waals surface area contributed by atoms with Crippen molar-refractivity contribution in [1.82, 2.24) is 9.78 Å². The first-order valence-electron chi connectivity index (χ1n) is 7.30. The summed E-state index contributed by atoms with van der Waals surface area (Å²) in [5.74, 6) is 0.161. The molecule has 0 bridgehead atoms. The average Bonchev–Trinajstić information content (AvgIpc) is 3.24. The standard InChI is InChI=1S/C19H14N2OS/c22-19-17(15-11-12-23-13-15)18(14-7-3-1-4-8-14)20-21(19)16-9-5-2-6-10-16/h1-13,22H. The molecule has 1 N–H and O–H groups in total. The van der Waals surface area contributed by atoms with Gasteiger partial charge in [-0.15, -0.1) is 0 Å². The number of hydrogen-bond donors (Lipinski definition) is 1. The minimum atomic E-state index is 0.161. The number of para-hydroxylation sites is 1. The second kappa shape index (κ2) is 5.74. The van der Waals surface area contributed by atoms with Gasteiger partial charge in [0.1, 0.15) is 5.69 Å². The molecule has 0 atom stereocenters. The van der Waals surface area contributed by atoms with E-state index in [9.17, 15) is 5.11 Å². The van der Waals surface area contributed by atoms with Gasteiger partial charge in [0.15, 0.2) is 0 Å². The zero-order chi connectivity index (χ0) is 15.6. The molecule has 0 aliphatic carbocycles. The lowest BCUT2D eigenvalue weighted by Gasteiger charge is -2.02. The van der Waals surface area contributed by atoms with Crippen molar-refractivity contribution in [2.24, 2.45) is 0 Å². The van der Waals surface area contributed by atoms with Crippen LogP contribution < -0.4 is 0 Å². The minimum absolute atomic E-state index is 0.161. The van der Waals surface area contributed by atoms with Crippen molar-refractivity contribution >= 4 is 11.3 Å². The van der Waals surface area contributed by atoms with Gasteiger partial charge in [-0.05, 0) is 29.0 Å². The highest BCUT2D eigenvalue weighted by Gasteiger charge is 2.21. The third-order valence-corrected chi connectivity index (χ3v) is 4.40. The van der Waals surface area contributed by atoms with Crippen LogP contribution in [0.4, 0.5) is 0 Å². The van der Waals surface area contributed by atoms with Gasteiger partial charge in [0.25, 0.3) is 0 Å². The minimum Gasteiger partial charge on any atom is -0.493 e. The Hall–Kier alpha value is -2.85. The molecule has 0 amide bonds. The van der Waals surface area contributed by atoms with Gasteiger partial charge in [0, 0.05) is 11.1 Å². The van der Waals surface area contributed by atoms with Crippen LogP contribution in [-0.2, 0) is 0 Å². The zero-order valence-electron chi connectivity index (χ0n) is 12.3. The van der Waals surface area contributed by atoms with Crippen molar-refractivity contribution in [3.8, 4) is 34.0 Å². The van der Waals surface area contributed by atoms with E-state index in [0.29, 0.717) is 0 Å². The third kappa shape index (κ3) is 2.43. The molecule has 0 saturated carbocycles. The highest BCUT2D eigenvalue weighted by atomic mass is 32.1. The predicted molar refractivity (Wildman–Crippen MR) is 94.0 cm³/mol. The summed E-state index contributed by atoms with van der Waals surface area (Å²) in [6.07, 6.45) is 0. The normalized spacial score (nSPS) is 10.8. The maximum absolute atomic E-state index is 10.8. The summed E-state index contributed by atoms with van der Waals surface area (Å²) in [7, 11) is 0. The Morgan fingerprint density at radius 3 is 2.17 bits per heavy atom. The molecule has 2 aromatic heterocycles. The van der Waals surface area contributed by atoms with Crippen LogP contribution >= 0.6 is 11.3 Å². The van der Waals surface area contributed by atoms with Crippen LogP contribution in [0.5, 0.6) is 5.88 Å². The average molecular weight is 318 g/mol. The molecular weight excluding hydrogens is 304 g/mol. The lowest BCUT2D eigenvalue weighted by Crippen LogP contribution is -1.95. The van der Waals surface area contributed by atoms with Gasteiger partial charge in [0.2, 0.25) is 5.88 Å². The Kier molecular flexibility index (Phi) is 3.44. The van der Waals surface area contributed by atoms with E-state index < -0.39 is 0 Å². The predicted octanol–water partition coefficient (Wildman–Crippen LogP) is 4.97. The molecule has 2 heterocycles. The summed E-state index contributed by atoms with van der Waals surface area (Å²) < 4.78 is 1.59. The van der Waals surface area contributed by atoms with Crippen molar-refractivity contribution < 1.29 is 5.11 Å². The fourth-order valence-electron chi connectivity index (χ4n) is 2.63. The number of aromatic nitrogens is 2. The molecule has 0 radical (unpaired) electrons. The van der Waals surface area contributed by atoms with Crippen LogP contribution in [-0.4, -0.2) is 14.9 Å². The first-order valence-corrected chi connectivity index (χ1v) is 8.24. The molecule has 0 aliphatic heterocycles. The van der Waals surface area contributed by atoms with E-state index in [-0.39, 0.29) is 5.88 Å². The van der Waals surface area contributed by atoms with E-state index in [2.05, 4.69) is 5.10 Å². The number of rotatable bonds is 3. The second-order valence-corrected chi connectivity index (χ2v) is 5.95. The Bertz CT molecular complexity index is 913. The summed E-state index contributed by atoms with van der Waals surface area (Å²) in [5.41, 5.74) is 4.35. The maximum Gasteiger partial charge on any atom is 0.222 e. The molecule has 0 aliphatic rings. The fraction of sp³-hybridized carbons (Fsp3) is 0. The molecule has 3 nitrogen and oxygen atoms in total. The number of thiophene rings is 1. The van der Waals surface area contributed by atoms with Crippen molar-refractivity contribution in [3.63, 3.8) is 0 Å². The summed E-state index contributed by atoms with van der Waals surface area (Å²) >= 11 is 1.60. The summed E-state index contributed by atoms with van der Waals surface area (Å²) in [4.78, 5) is 0. The molecule has 112 valence electrons. The lowest BCUT2D eigenvalue weighted by atomic mass is 10.0. The van der Waals surface area contributed by atoms with Crippen LogP contribution in [0.15, 0.2) is 77.5 Å². The lowest BCUT2D eigenvalue weighted by molar-refractivity contribution is 0.435. The van der Waals surface area contributed by atoms with Gasteiger partial charge in [-0.1, -0.05) is 48.5 Å². The van der Waals surface area contributed by atoms with Gasteiger partial charge >= 0.3 is 0 Å². The van der Waals surface area contributed by atoms with Gasteiger partial charge in [-0.3, -0.25) is 0 Å². The molecule has 4 rings (SSSR count). The van der Waals surface area contributed by atoms with E-state index in [1.54, 1.807) is 16.0 Å². The highest BCUT2D eigenvalue weighted by molar-refractivity contribution is 7.08. The molecule has 0 unspecified atom stereocenters. The van der Waals surface area contributed by atoms with Gasteiger partial charge in [-0.2, -0.15) is 16.4 Å².